The molecule has 0 amide bonds. The first-order chi connectivity index (χ1) is 7.34. The van der Waals surface area contributed by atoms with Gasteiger partial charge in [-0.25, -0.2) is 8.78 Å². The van der Waals surface area contributed by atoms with Gasteiger partial charge in [-0.15, -0.1) is 0 Å². The molecule has 1 aliphatic carbocycles. The van der Waals surface area contributed by atoms with E-state index in [2.05, 4.69) is 15.9 Å². The summed E-state index contributed by atoms with van der Waals surface area (Å²) >= 11 is 2.89. The number of benzene rings is 1. The summed E-state index contributed by atoms with van der Waals surface area (Å²) in [6, 6.07) is 1.87. The van der Waals surface area contributed by atoms with E-state index in [0.29, 0.717) is 0 Å². The zero-order chi connectivity index (χ0) is 12.1. The highest BCUT2D eigenvalue weighted by Gasteiger charge is 2.51. The molecule has 0 bridgehead atoms. The molecular formula is C10H5BrF4O. The Morgan fingerprint density at radius 1 is 1.38 bits per heavy atom. The molecule has 1 aromatic carbocycles. The Hall–Kier alpha value is -0.910. The third kappa shape index (κ3) is 1.55. The van der Waals surface area contributed by atoms with Crippen molar-refractivity contribution in [3.8, 4) is 0 Å². The first-order valence-corrected chi connectivity index (χ1v) is 5.18. The number of ketones is 1. The summed E-state index contributed by atoms with van der Waals surface area (Å²) in [6.07, 6.45) is -3.58. The van der Waals surface area contributed by atoms with E-state index in [1.165, 1.54) is 0 Å². The second kappa shape index (κ2) is 3.55. The maximum absolute atomic E-state index is 13.4. The van der Waals surface area contributed by atoms with Gasteiger partial charge in [0.25, 0.3) is 0 Å². The molecule has 16 heavy (non-hydrogen) atoms. The molecule has 86 valence electrons. The first-order valence-electron chi connectivity index (χ1n) is 4.38. The quantitative estimate of drug-likeness (QED) is 0.669. The predicted molar refractivity (Wildman–Crippen MR) is 51.8 cm³/mol. The van der Waals surface area contributed by atoms with Crippen molar-refractivity contribution in [2.75, 3.05) is 0 Å². The summed E-state index contributed by atoms with van der Waals surface area (Å²) in [7, 11) is 0. The molecule has 1 atom stereocenters. The SMILES string of the molecule is O=C1CC(F)C(F)(F)c2c(F)cc(Br)cc21. The predicted octanol–water partition coefficient (Wildman–Crippen LogP) is 3.60. The van der Waals surface area contributed by atoms with E-state index in [1.807, 2.05) is 0 Å². The summed E-state index contributed by atoms with van der Waals surface area (Å²) in [5, 5.41) is 0. The van der Waals surface area contributed by atoms with Crippen LogP contribution >= 0.6 is 15.9 Å². The van der Waals surface area contributed by atoms with E-state index in [4.69, 9.17) is 0 Å². The minimum atomic E-state index is -3.95. The number of halogens is 5. The Morgan fingerprint density at radius 3 is 2.62 bits per heavy atom. The molecule has 0 fully saturated rings. The van der Waals surface area contributed by atoms with Crippen molar-refractivity contribution in [3.05, 3.63) is 33.5 Å². The standard InChI is InChI=1S/C10H5BrF4O/c11-4-1-5-7(16)3-8(13)10(14,15)9(5)6(12)2-4/h1-2,8H,3H2. The van der Waals surface area contributed by atoms with Gasteiger partial charge in [-0.05, 0) is 12.1 Å². The van der Waals surface area contributed by atoms with Crippen molar-refractivity contribution in [2.45, 2.75) is 18.5 Å². The number of alkyl halides is 3. The van der Waals surface area contributed by atoms with Gasteiger partial charge < -0.3 is 0 Å². The smallest absolute Gasteiger partial charge is 0.294 e. The van der Waals surface area contributed by atoms with Crippen LogP contribution in [0.1, 0.15) is 22.3 Å². The summed E-state index contributed by atoms with van der Waals surface area (Å²) in [6.45, 7) is 0. The van der Waals surface area contributed by atoms with Gasteiger partial charge in [-0.3, -0.25) is 4.79 Å². The Kier molecular flexibility index (Phi) is 2.57. The molecule has 2 rings (SSSR count). The zero-order valence-corrected chi connectivity index (χ0v) is 9.32. The fraction of sp³-hybridized carbons (Fsp3) is 0.300. The fourth-order valence-corrected chi connectivity index (χ4v) is 2.12. The first kappa shape index (κ1) is 11.6. The highest BCUT2D eigenvalue weighted by atomic mass is 79.9. The molecule has 0 aliphatic heterocycles. The van der Waals surface area contributed by atoms with Gasteiger partial charge in [0.05, 0.1) is 5.56 Å². The fourth-order valence-electron chi connectivity index (χ4n) is 1.69. The minimum absolute atomic E-state index is 0.171. The van der Waals surface area contributed by atoms with Crippen LogP contribution in [0.3, 0.4) is 0 Å². The maximum atomic E-state index is 13.4. The number of Topliss-reactive ketones (excluding diaryl/α,β-unsaturated/α-hetero) is 1. The normalized spacial score (nSPS) is 23.1. The molecule has 6 heteroatoms. The van der Waals surface area contributed by atoms with E-state index in [-0.39, 0.29) is 4.47 Å². The molecule has 1 aromatic rings. The topological polar surface area (TPSA) is 17.1 Å². The van der Waals surface area contributed by atoms with Gasteiger partial charge in [0.1, 0.15) is 5.82 Å². The molecular weight excluding hydrogens is 292 g/mol. The number of hydrogen-bond acceptors (Lipinski definition) is 1. The molecule has 1 nitrogen and oxygen atoms in total. The van der Waals surface area contributed by atoms with Crippen molar-refractivity contribution in [1.29, 1.82) is 0 Å². The third-order valence-corrected chi connectivity index (χ3v) is 2.90. The average Bonchev–Trinajstić information content (AvgIpc) is 2.13. The Labute approximate surface area is 96.6 Å². The Bertz CT molecular complexity index is 472. The lowest BCUT2D eigenvalue weighted by Crippen LogP contribution is -2.37. The van der Waals surface area contributed by atoms with Crippen LogP contribution in [0.4, 0.5) is 17.6 Å². The molecule has 0 aromatic heterocycles. The van der Waals surface area contributed by atoms with Gasteiger partial charge in [-0.2, -0.15) is 8.78 Å². The van der Waals surface area contributed by atoms with Gasteiger partial charge in [0.15, 0.2) is 12.0 Å². The molecule has 1 unspecified atom stereocenters. The number of hydrogen-bond donors (Lipinski definition) is 0. The largest absolute Gasteiger partial charge is 0.307 e. The van der Waals surface area contributed by atoms with Gasteiger partial charge in [0, 0.05) is 16.5 Å². The van der Waals surface area contributed by atoms with Crippen LogP contribution < -0.4 is 0 Å². The van der Waals surface area contributed by atoms with Gasteiger partial charge in [-0.1, -0.05) is 15.9 Å². The highest BCUT2D eigenvalue weighted by Crippen LogP contribution is 2.43. The maximum Gasteiger partial charge on any atom is 0.307 e. The van der Waals surface area contributed by atoms with Crippen molar-refractivity contribution in [3.63, 3.8) is 0 Å². The van der Waals surface area contributed by atoms with Crippen molar-refractivity contribution in [2.24, 2.45) is 0 Å². The molecule has 0 saturated carbocycles. The third-order valence-electron chi connectivity index (χ3n) is 2.45. The second-order valence-corrected chi connectivity index (χ2v) is 4.44. The number of carbonyl (C=O) groups excluding carboxylic acids is 1. The molecule has 0 radical (unpaired) electrons. The second-order valence-electron chi connectivity index (χ2n) is 3.53. The van der Waals surface area contributed by atoms with Crippen molar-refractivity contribution < 1.29 is 22.4 Å². The van der Waals surface area contributed by atoms with Crippen LogP contribution in [0.2, 0.25) is 0 Å². The van der Waals surface area contributed by atoms with Crippen LogP contribution in [0.5, 0.6) is 0 Å². The van der Waals surface area contributed by atoms with Crippen LogP contribution in [-0.2, 0) is 5.92 Å². The number of fused-ring (bicyclic) bond motifs is 1. The van der Waals surface area contributed by atoms with E-state index in [1.54, 1.807) is 0 Å². The minimum Gasteiger partial charge on any atom is -0.294 e. The molecule has 1 aliphatic rings. The van der Waals surface area contributed by atoms with Crippen LogP contribution in [0.25, 0.3) is 0 Å². The highest BCUT2D eigenvalue weighted by molar-refractivity contribution is 9.10. The molecule has 0 spiro atoms. The molecule has 0 heterocycles. The van der Waals surface area contributed by atoms with Crippen molar-refractivity contribution >= 4 is 21.7 Å². The summed E-state index contributed by atoms with van der Waals surface area (Å²) in [5.74, 6) is -6.03. The lowest BCUT2D eigenvalue weighted by Gasteiger charge is -2.28. The number of rotatable bonds is 0. The molecule has 0 saturated heterocycles. The summed E-state index contributed by atoms with van der Waals surface area (Å²) in [4.78, 5) is 11.3. The number of carbonyl (C=O) groups is 1. The van der Waals surface area contributed by atoms with Gasteiger partial charge in [0.2, 0.25) is 0 Å². The zero-order valence-electron chi connectivity index (χ0n) is 7.74. The molecule has 0 N–H and O–H groups in total. The van der Waals surface area contributed by atoms with Gasteiger partial charge >= 0.3 is 5.92 Å². The van der Waals surface area contributed by atoms with Crippen molar-refractivity contribution in [1.82, 2.24) is 0 Å². The van der Waals surface area contributed by atoms with Crippen LogP contribution in [-0.4, -0.2) is 12.0 Å². The van der Waals surface area contributed by atoms with E-state index < -0.39 is 41.2 Å². The summed E-state index contributed by atoms with van der Waals surface area (Å²) < 4.78 is 53.3. The van der Waals surface area contributed by atoms with E-state index in [0.717, 1.165) is 12.1 Å². The van der Waals surface area contributed by atoms with Crippen LogP contribution in [0, 0.1) is 5.82 Å². The van der Waals surface area contributed by atoms with E-state index in [9.17, 15) is 22.4 Å². The van der Waals surface area contributed by atoms with E-state index >= 15 is 0 Å². The van der Waals surface area contributed by atoms with Crippen LogP contribution in [0.15, 0.2) is 16.6 Å². The lowest BCUT2D eigenvalue weighted by molar-refractivity contribution is -0.0853. The lowest BCUT2D eigenvalue weighted by atomic mass is 9.86. The Balaban J connectivity index is 2.74. The summed E-state index contributed by atoms with van der Waals surface area (Å²) in [5.41, 5.74) is -1.59. The average molecular weight is 297 g/mol. The Morgan fingerprint density at radius 2 is 2.00 bits per heavy atom. The monoisotopic (exact) mass is 296 g/mol.